The molecule has 1 aliphatic carbocycles. The minimum atomic E-state index is -0.541. The zero-order valence-corrected chi connectivity index (χ0v) is 19.8. The highest BCUT2D eigenvalue weighted by Gasteiger charge is 2.17. The third-order valence-electron chi connectivity index (χ3n) is 6.78. The van der Waals surface area contributed by atoms with E-state index in [0.717, 1.165) is 18.4 Å². The van der Waals surface area contributed by atoms with Crippen molar-refractivity contribution < 1.29 is 14.3 Å². The number of nitrogens with one attached hydrogen (secondary N) is 1. The van der Waals surface area contributed by atoms with Gasteiger partial charge in [0.05, 0.1) is 17.1 Å². The Kier molecular flexibility index (Phi) is 6.36. The zero-order valence-electron chi connectivity index (χ0n) is 19.8. The maximum Gasteiger partial charge on any atom is 0.326 e. The van der Waals surface area contributed by atoms with Gasteiger partial charge in [-0.1, -0.05) is 42.5 Å². The molecule has 1 N–H and O–H groups in total. The third kappa shape index (κ3) is 4.69. The van der Waals surface area contributed by atoms with Crippen LogP contribution < -0.4 is 10.7 Å². The van der Waals surface area contributed by atoms with Crippen molar-refractivity contribution in [1.82, 2.24) is 9.88 Å². The molecule has 0 bridgehead atoms. The fourth-order valence-corrected chi connectivity index (χ4v) is 4.96. The van der Waals surface area contributed by atoms with Crippen LogP contribution in [-0.2, 0) is 33.7 Å². The quantitative estimate of drug-likeness (QED) is 0.335. The number of amides is 1. The van der Waals surface area contributed by atoms with E-state index in [0.29, 0.717) is 21.8 Å². The van der Waals surface area contributed by atoms with Crippen molar-refractivity contribution in [2.75, 3.05) is 6.61 Å². The Morgan fingerprint density at radius 3 is 2.23 bits per heavy atom. The van der Waals surface area contributed by atoms with Gasteiger partial charge in [-0.15, -0.1) is 0 Å². The second kappa shape index (κ2) is 9.74. The topological polar surface area (TPSA) is 77.4 Å². The summed E-state index contributed by atoms with van der Waals surface area (Å²) in [5, 5.41) is 4.00. The minimum absolute atomic E-state index is 0.0728. The first-order valence-electron chi connectivity index (χ1n) is 12.1. The smallest absolute Gasteiger partial charge is 0.326 e. The molecule has 0 saturated carbocycles. The summed E-state index contributed by atoms with van der Waals surface area (Å²) in [7, 11) is 0. The second-order valence-corrected chi connectivity index (χ2v) is 9.13. The lowest BCUT2D eigenvalue weighted by Gasteiger charge is -2.20. The molecule has 1 unspecified atom stereocenters. The van der Waals surface area contributed by atoms with E-state index >= 15 is 0 Å². The van der Waals surface area contributed by atoms with Crippen molar-refractivity contribution in [3.05, 3.63) is 93.6 Å². The predicted octanol–water partition coefficient (Wildman–Crippen LogP) is 4.45. The molecular formula is C29H28N2O4. The maximum atomic E-state index is 12.9. The number of aryl methyl sites for hydroxylation is 2. The highest BCUT2D eigenvalue weighted by atomic mass is 16.5. The Morgan fingerprint density at radius 2 is 1.54 bits per heavy atom. The van der Waals surface area contributed by atoms with E-state index < -0.39 is 5.97 Å². The first-order chi connectivity index (χ1) is 17.0. The summed E-state index contributed by atoms with van der Waals surface area (Å²) in [5.74, 6) is -0.890. The molecule has 35 heavy (non-hydrogen) atoms. The average Bonchev–Trinajstić information content (AvgIpc) is 2.89. The van der Waals surface area contributed by atoms with Gasteiger partial charge in [0.25, 0.3) is 5.91 Å². The Labute approximate surface area is 203 Å². The number of esters is 1. The molecule has 0 saturated heterocycles. The van der Waals surface area contributed by atoms with E-state index in [4.69, 9.17) is 4.74 Å². The summed E-state index contributed by atoms with van der Waals surface area (Å²) in [6.07, 6.45) is 4.63. The van der Waals surface area contributed by atoms with Crippen LogP contribution >= 0.6 is 0 Å². The van der Waals surface area contributed by atoms with E-state index in [1.165, 1.54) is 24.0 Å². The number of nitrogens with zero attached hydrogens (tertiary/aromatic N) is 1. The molecule has 0 spiro atoms. The summed E-state index contributed by atoms with van der Waals surface area (Å²) in [4.78, 5) is 38.1. The summed E-state index contributed by atoms with van der Waals surface area (Å²) in [6, 6.07) is 20.6. The van der Waals surface area contributed by atoms with E-state index in [-0.39, 0.29) is 30.5 Å². The Morgan fingerprint density at radius 1 is 0.914 bits per heavy atom. The van der Waals surface area contributed by atoms with Crippen molar-refractivity contribution in [1.29, 1.82) is 0 Å². The Hall–Kier alpha value is -3.93. The van der Waals surface area contributed by atoms with Crippen molar-refractivity contribution in [2.45, 2.75) is 45.2 Å². The highest BCUT2D eigenvalue weighted by Crippen LogP contribution is 2.25. The monoisotopic (exact) mass is 468 g/mol. The molecule has 3 aromatic carbocycles. The molecule has 1 atom stereocenters. The van der Waals surface area contributed by atoms with Crippen molar-refractivity contribution in [3.63, 3.8) is 0 Å². The summed E-state index contributed by atoms with van der Waals surface area (Å²) in [5.41, 5.74) is 5.04. The van der Waals surface area contributed by atoms with Crippen molar-refractivity contribution >= 4 is 33.7 Å². The predicted molar refractivity (Wildman–Crippen MR) is 136 cm³/mol. The number of para-hydroxylation sites is 2. The molecule has 6 heteroatoms. The molecule has 0 fully saturated rings. The molecule has 1 amide bonds. The number of aromatic nitrogens is 1. The molecule has 178 valence electrons. The van der Waals surface area contributed by atoms with E-state index in [9.17, 15) is 14.4 Å². The lowest BCUT2D eigenvalue weighted by Crippen LogP contribution is -2.32. The van der Waals surface area contributed by atoms with Crippen molar-refractivity contribution in [3.8, 4) is 0 Å². The van der Waals surface area contributed by atoms with Crippen LogP contribution in [0, 0.1) is 0 Å². The molecule has 6 nitrogen and oxygen atoms in total. The summed E-state index contributed by atoms with van der Waals surface area (Å²) in [6.45, 7) is 1.47. The second-order valence-electron chi connectivity index (χ2n) is 9.13. The minimum Gasteiger partial charge on any atom is -0.454 e. The van der Waals surface area contributed by atoms with Gasteiger partial charge in [-0.2, -0.15) is 0 Å². The number of rotatable bonds is 6. The van der Waals surface area contributed by atoms with Crippen LogP contribution in [0.2, 0.25) is 0 Å². The van der Waals surface area contributed by atoms with Gasteiger partial charge in [-0.25, -0.2) is 0 Å². The van der Waals surface area contributed by atoms with Gasteiger partial charge in [0.15, 0.2) is 12.0 Å². The number of ether oxygens (including phenoxy) is 1. The first-order valence-corrected chi connectivity index (χ1v) is 12.1. The molecule has 1 aliphatic rings. The lowest BCUT2D eigenvalue weighted by atomic mass is 9.89. The van der Waals surface area contributed by atoms with Crippen LogP contribution in [0.1, 0.15) is 42.5 Å². The molecule has 0 aliphatic heterocycles. The SMILES string of the molecule is CC(NC(=O)COC(=O)Cn1c2ccccc2c(=O)c2ccccc21)c1ccc2c(c1)CCCC2. The lowest BCUT2D eigenvalue weighted by molar-refractivity contribution is -0.149. The van der Waals surface area contributed by atoms with Gasteiger partial charge < -0.3 is 14.6 Å². The van der Waals surface area contributed by atoms with Crippen LogP contribution in [0.25, 0.3) is 21.8 Å². The number of fused-ring (bicyclic) bond motifs is 3. The summed E-state index contributed by atoms with van der Waals surface area (Å²) < 4.78 is 7.08. The van der Waals surface area contributed by atoms with E-state index in [1.54, 1.807) is 28.8 Å². The third-order valence-corrected chi connectivity index (χ3v) is 6.78. The van der Waals surface area contributed by atoms with Gasteiger partial charge in [0.2, 0.25) is 0 Å². The largest absolute Gasteiger partial charge is 0.454 e. The van der Waals surface area contributed by atoms with Crippen LogP contribution in [0.5, 0.6) is 0 Å². The molecule has 0 radical (unpaired) electrons. The molecular weight excluding hydrogens is 440 g/mol. The number of carbonyl (C=O) groups excluding carboxylic acids is 2. The fraction of sp³-hybridized carbons (Fsp3) is 0.276. The Bertz CT molecular complexity index is 1430. The highest BCUT2D eigenvalue weighted by molar-refractivity contribution is 5.94. The van der Waals surface area contributed by atoms with Gasteiger partial charge >= 0.3 is 5.97 Å². The van der Waals surface area contributed by atoms with Gasteiger partial charge in [0.1, 0.15) is 6.54 Å². The van der Waals surface area contributed by atoms with Gasteiger partial charge in [-0.05, 0) is 73.6 Å². The molecule has 5 rings (SSSR count). The number of hydrogen-bond acceptors (Lipinski definition) is 4. The van der Waals surface area contributed by atoms with Gasteiger partial charge in [-0.3, -0.25) is 14.4 Å². The van der Waals surface area contributed by atoms with Crippen LogP contribution in [0.15, 0.2) is 71.5 Å². The maximum absolute atomic E-state index is 12.9. The van der Waals surface area contributed by atoms with E-state index in [2.05, 4.69) is 23.5 Å². The van der Waals surface area contributed by atoms with Crippen molar-refractivity contribution in [2.24, 2.45) is 0 Å². The number of benzene rings is 3. The molecule has 1 aromatic heterocycles. The van der Waals surface area contributed by atoms with Crippen LogP contribution in [0.4, 0.5) is 0 Å². The van der Waals surface area contributed by atoms with Gasteiger partial charge in [0, 0.05) is 10.8 Å². The number of pyridine rings is 1. The Balaban J connectivity index is 1.26. The number of carbonyl (C=O) groups is 2. The number of hydrogen-bond donors (Lipinski definition) is 1. The van der Waals surface area contributed by atoms with Crippen LogP contribution in [0.3, 0.4) is 0 Å². The normalized spacial score (nSPS) is 13.9. The average molecular weight is 469 g/mol. The first kappa shape index (κ1) is 22.8. The standard InChI is InChI=1S/C29H28N2O4/c1-19(21-15-14-20-8-2-3-9-22(20)16-21)30-27(32)18-35-28(33)17-31-25-12-6-4-10-23(25)29(34)24-11-5-7-13-26(24)31/h4-7,10-16,19H,2-3,8-9,17-18H2,1H3,(H,30,32). The van der Waals surface area contributed by atoms with E-state index in [1.807, 2.05) is 31.2 Å². The molecule has 4 aromatic rings. The fourth-order valence-electron chi connectivity index (χ4n) is 4.96. The summed E-state index contributed by atoms with van der Waals surface area (Å²) >= 11 is 0. The molecule has 1 heterocycles. The van der Waals surface area contributed by atoms with Crippen LogP contribution in [-0.4, -0.2) is 23.1 Å². The zero-order chi connectivity index (χ0) is 24.4.